The van der Waals surface area contributed by atoms with Crippen LogP contribution in [0.3, 0.4) is 0 Å². The lowest BCUT2D eigenvalue weighted by molar-refractivity contribution is 0.415. The van der Waals surface area contributed by atoms with Crippen LogP contribution in [-0.4, -0.2) is 12.1 Å². The van der Waals surface area contributed by atoms with Gasteiger partial charge in [0.1, 0.15) is 5.75 Å². The van der Waals surface area contributed by atoms with Crippen LogP contribution in [0.15, 0.2) is 97.2 Å². The summed E-state index contributed by atoms with van der Waals surface area (Å²) in [6.07, 6.45) is 2.85. The van der Waals surface area contributed by atoms with E-state index in [1.165, 1.54) is 5.56 Å². The van der Waals surface area contributed by atoms with E-state index in [-0.39, 0.29) is 0 Å². The minimum atomic E-state index is 0.845. The maximum absolute atomic E-state index is 5.34. The lowest BCUT2D eigenvalue weighted by atomic mass is 10.1. The molecule has 1 heterocycles. The molecule has 144 valence electrons. The zero-order valence-corrected chi connectivity index (χ0v) is 16.7. The second kappa shape index (κ2) is 8.61. The third-order valence-electron chi connectivity index (χ3n) is 5.00. The van der Waals surface area contributed by atoms with Crippen LogP contribution >= 0.6 is 0 Å². The minimum absolute atomic E-state index is 0.845. The van der Waals surface area contributed by atoms with Crippen molar-refractivity contribution in [2.75, 3.05) is 12.0 Å². The second-order valence-corrected chi connectivity index (χ2v) is 6.82. The lowest BCUT2D eigenvalue weighted by Gasteiger charge is -2.26. The molecule has 0 unspecified atom stereocenters. The molecule has 0 radical (unpaired) electrons. The van der Waals surface area contributed by atoms with Gasteiger partial charge in [-0.2, -0.15) is 0 Å². The summed E-state index contributed by atoms with van der Waals surface area (Å²) in [5, 5.41) is 0. The number of hydrogen-bond acceptors (Lipinski definition) is 3. The van der Waals surface area contributed by atoms with E-state index < -0.39 is 0 Å². The van der Waals surface area contributed by atoms with Crippen LogP contribution in [0.1, 0.15) is 12.5 Å². The van der Waals surface area contributed by atoms with Gasteiger partial charge in [0.25, 0.3) is 0 Å². The molecule has 3 heteroatoms. The highest BCUT2D eigenvalue weighted by atomic mass is 16.5. The fourth-order valence-electron chi connectivity index (χ4n) is 3.40. The number of aromatic nitrogens is 1. The van der Waals surface area contributed by atoms with Crippen molar-refractivity contribution >= 4 is 17.1 Å². The van der Waals surface area contributed by atoms with Gasteiger partial charge in [-0.05, 0) is 72.6 Å². The van der Waals surface area contributed by atoms with E-state index in [0.717, 1.165) is 40.5 Å². The maximum atomic E-state index is 5.34. The molecule has 0 fully saturated rings. The van der Waals surface area contributed by atoms with Gasteiger partial charge in [0, 0.05) is 28.8 Å². The van der Waals surface area contributed by atoms with Gasteiger partial charge in [-0.1, -0.05) is 37.3 Å². The van der Waals surface area contributed by atoms with E-state index in [9.17, 15) is 0 Å². The first kappa shape index (κ1) is 18.8. The highest BCUT2D eigenvalue weighted by Gasteiger charge is 2.13. The Morgan fingerprint density at radius 1 is 0.759 bits per heavy atom. The van der Waals surface area contributed by atoms with Gasteiger partial charge in [-0.25, -0.2) is 0 Å². The van der Waals surface area contributed by atoms with Crippen LogP contribution < -0.4 is 9.64 Å². The van der Waals surface area contributed by atoms with Crippen molar-refractivity contribution in [3.05, 3.63) is 103 Å². The van der Waals surface area contributed by atoms with Crippen molar-refractivity contribution in [3.63, 3.8) is 0 Å². The number of aryl methyl sites for hydroxylation is 1. The molecule has 3 nitrogen and oxygen atoms in total. The van der Waals surface area contributed by atoms with Gasteiger partial charge in [-0.3, -0.25) is 4.98 Å². The SMILES string of the molecule is CCc1ccc(N(c2ccc(OC)cc2)c2cccc(-c3ccccn3)c2)cc1. The molecule has 1 aromatic heterocycles. The highest BCUT2D eigenvalue weighted by Crippen LogP contribution is 2.36. The smallest absolute Gasteiger partial charge is 0.119 e. The summed E-state index contributed by atoms with van der Waals surface area (Å²) in [7, 11) is 1.69. The largest absolute Gasteiger partial charge is 0.497 e. The average molecular weight is 380 g/mol. The van der Waals surface area contributed by atoms with Gasteiger partial charge >= 0.3 is 0 Å². The third-order valence-corrected chi connectivity index (χ3v) is 5.00. The van der Waals surface area contributed by atoms with Gasteiger partial charge in [0.15, 0.2) is 0 Å². The fraction of sp³-hybridized carbons (Fsp3) is 0.115. The van der Waals surface area contributed by atoms with Crippen molar-refractivity contribution in [1.82, 2.24) is 4.98 Å². The molecule has 3 aromatic carbocycles. The maximum Gasteiger partial charge on any atom is 0.119 e. The van der Waals surface area contributed by atoms with E-state index in [1.807, 2.05) is 36.5 Å². The van der Waals surface area contributed by atoms with Gasteiger partial charge < -0.3 is 9.64 Å². The molecule has 0 N–H and O–H groups in total. The van der Waals surface area contributed by atoms with Gasteiger partial charge in [0.2, 0.25) is 0 Å². The van der Waals surface area contributed by atoms with Crippen molar-refractivity contribution in [3.8, 4) is 17.0 Å². The van der Waals surface area contributed by atoms with Gasteiger partial charge in [-0.15, -0.1) is 0 Å². The van der Waals surface area contributed by atoms with Crippen LogP contribution in [0.5, 0.6) is 5.75 Å². The van der Waals surface area contributed by atoms with E-state index >= 15 is 0 Å². The Morgan fingerprint density at radius 2 is 1.48 bits per heavy atom. The molecule has 0 spiro atoms. The number of methoxy groups -OCH3 is 1. The monoisotopic (exact) mass is 380 g/mol. The van der Waals surface area contributed by atoms with E-state index in [1.54, 1.807) is 7.11 Å². The second-order valence-electron chi connectivity index (χ2n) is 6.82. The van der Waals surface area contributed by atoms with Gasteiger partial charge in [0.05, 0.1) is 12.8 Å². The Morgan fingerprint density at radius 3 is 2.10 bits per heavy atom. The predicted molar refractivity (Wildman–Crippen MR) is 120 cm³/mol. The van der Waals surface area contributed by atoms with Crippen LogP contribution in [-0.2, 0) is 6.42 Å². The van der Waals surface area contributed by atoms with Crippen LogP contribution in [0.2, 0.25) is 0 Å². The van der Waals surface area contributed by atoms with Crippen molar-refractivity contribution in [1.29, 1.82) is 0 Å². The predicted octanol–water partition coefficient (Wildman–Crippen LogP) is 6.79. The molecule has 0 aliphatic rings. The molecule has 0 saturated carbocycles. The van der Waals surface area contributed by atoms with Crippen molar-refractivity contribution in [2.24, 2.45) is 0 Å². The molecule has 0 saturated heterocycles. The van der Waals surface area contributed by atoms with E-state index in [0.29, 0.717) is 0 Å². The van der Waals surface area contributed by atoms with Crippen molar-refractivity contribution in [2.45, 2.75) is 13.3 Å². The van der Waals surface area contributed by atoms with E-state index in [4.69, 9.17) is 4.74 Å². The zero-order chi connectivity index (χ0) is 20.1. The molecule has 4 rings (SSSR count). The summed E-state index contributed by atoms with van der Waals surface area (Å²) in [5.74, 6) is 0.845. The van der Waals surface area contributed by atoms with Crippen LogP contribution in [0, 0.1) is 0 Å². The normalized spacial score (nSPS) is 10.6. The molecule has 29 heavy (non-hydrogen) atoms. The third kappa shape index (κ3) is 4.14. The fourth-order valence-corrected chi connectivity index (χ4v) is 3.40. The number of ether oxygens (including phenoxy) is 1. The summed E-state index contributed by atoms with van der Waals surface area (Å²) in [6.45, 7) is 2.17. The molecule has 0 amide bonds. The minimum Gasteiger partial charge on any atom is -0.497 e. The standard InChI is InChI=1S/C26H24N2O/c1-3-20-10-12-22(13-11-20)28(23-14-16-25(29-2)17-15-23)24-8-6-7-21(19-24)26-9-4-5-18-27-26/h4-19H,3H2,1-2H3. The molecular formula is C26H24N2O. The lowest BCUT2D eigenvalue weighted by Crippen LogP contribution is -2.10. The van der Waals surface area contributed by atoms with Crippen LogP contribution in [0.4, 0.5) is 17.1 Å². The first-order valence-corrected chi connectivity index (χ1v) is 9.83. The first-order chi connectivity index (χ1) is 14.3. The molecule has 0 aliphatic carbocycles. The Bertz CT molecular complexity index is 1010. The molecule has 0 atom stereocenters. The Labute approximate surface area is 172 Å². The van der Waals surface area contributed by atoms with Crippen molar-refractivity contribution < 1.29 is 4.74 Å². The Kier molecular flexibility index (Phi) is 5.57. The molecule has 4 aromatic rings. The van der Waals surface area contributed by atoms with E-state index in [2.05, 4.69) is 77.5 Å². The number of pyridine rings is 1. The molecule has 0 bridgehead atoms. The molecule has 0 aliphatic heterocycles. The highest BCUT2D eigenvalue weighted by molar-refractivity contribution is 5.79. The number of rotatable bonds is 6. The summed E-state index contributed by atoms with van der Waals surface area (Å²) < 4.78 is 5.34. The summed E-state index contributed by atoms with van der Waals surface area (Å²) in [5.41, 5.74) is 6.66. The summed E-state index contributed by atoms with van der Waals surface area (Å²) in [6, 6.07) is 31.4. The number of nitrogens with zero attached hydrogens (tertiary/aromatic N) is 2. The number of anilines is 3. The quantitative estimate of drug-likeness (QED) is 0.368. The molecular weight excluding hydrogens is 356 g/mol. The Balaban J connectivity index is 1.81. The summed E-state index contributed by atoms with van der Waals surface area (Å²) in [4.78, 5) is 6.76. The topological polar surface area (TPSA) is 25.4 Å². The van der Waals surface area contributed by atoms with Crippen LogP contribution in [0.25, 0.3) is 11.3 Å². The first-order valence-electron chi connectivity index (χ1n) is 9.83. The zero-order valence-electron chi connectivity index (χ0n) is 16.7. The Hall–Kier alpha value is -3.59. The summed E-state index contributed by atoms with van der Waals surface area (Å²) >= 11 is 0. The average Bonchev–Trinajstić information content (AvgIpc) is 2.81. The number of benzene rings is 3. The number of hydrogen-bond donors (Lipinski definition) is 0.